The van der Waals surface area contributed by atoms with Gasteiger partial charge < -0.3 is 10.3 Å². The van der Waals surface area contributed by atoms with Crippen LogP contribution in [0.3, 0.4) is 0 Å². The zero-order valence-electron chi connectivity index (χ0n) is 8.40. The van der Waals surface area contributed by atoms with E-state index in [1.54, 1.807) is 11.8 Å². The first-order valence-corrected chi connectivity index (χ1v) is 5.48. The number of aromatic nitrogens is 1. The second-order valence-electron chi connectivity index (χ2n) is 3.12. The zero-order valence-corrected chi connectivity index (χ0v) is 10.0. The summed E-state index contributed by atoms with van der Waals surface area (Å²) in [4.78, 5) is 0. The molecule has 2 aromatic rings. The summed E-state index contributed by atoms with van der Waals surface area (Å²) < 4.78 is 5.19. The lowest BCUT2D eigenvalue weighted by Gasteiger charge is -1.94. The van der Waals surface area contributed by atoms with Gasteiger partial charge in [0.15, 0.2) is 5.58 Å². The normalized spacial score (nSPS) is 10.3. The Kier molecular flexibility index (Phi) is 4.45. The summed E-state index contributed by atoms with van der Waals surface area (Å²) in [5.41, 5.74) is 7.50. The quantitative estimate of drug-likeness (QED) is 0.844. The van der Waals surface area contributed by atoms with Crippen LogP contribution in [0.5, 0.6) is 0 Å². The van der Waals surface area contributed by atoms with E-state index in [0.29, 0.717) is 6.54 Å². The Hall–Kier alpha value is -0.710. The van der Waals surface area contributed by atoms with Crippen molar-refractivity contribution in [1.82, 2.24) is 5.16 Å². The van der Waals surface area contributed by atoms with Crippen molar-refractivity contribution in [2.45, 2.75) is 11.9 Å². The van der Waals surface area contributed by atoms with Crippen molar-refractivity contribution >= 4 is 35.1 Å². The number of aryl methyl sites for hydroxylation is 1. The molecule has 0 saturated carbocycles. The van der Waals surface area contributed by atoms with E-state index in [4.69, 9.17) is 10.3 Å². The van der Waals surface area contributed by atoms with Crippen molar-refractivity contribution in [3.63, 3.8) is 0 Å². The fraction of sp³-hybridized carbons (Fsp3) is 0.300. The molecule has 82 valence electrons. The molecule has 0 unspecified atom stereocenters. The average molecular weight is 245 g/mol. The van der Waals surface area contributed by atoms with Crippen LogP contribution in [0.2, 0.25) is 0 Å². The van der Waals surface area contributed by atoms with Gasteiger partial charge in [-0.1, -0.05) is 16.8 Å². The Bertz CT molecular complexity index is 444. The van der Waals surface area contributed by atoms with Crippen LogP contribution < -0.4 is 5.73 Å². The van der Waals surface area contributed by atoms with Crippen LogP contribution in [0.4, 0.5) is 0 Å². The maximum absolute atomic E-state index is 5.44. The van der Waals surface area contributed by atoms with Gasteiger partial charge in [0.25, 0.3) is 0 Å². The molecule has 0 saturated heterocycles. The molecule has 0 aliphatic rings. The van der Waals surface area contributed by atoms with E-state index in [-0.39, 0.29) is 12.4 Å². The van der Waals surface area contributed by atoms with E-state index in [2.05, 4.69) is 18.1 Å². The maximum atomic E-state index is 5.44. The third-order valence-electron chi connectivity index (χ3n) is 1.95. The number of hydrogen-bond acceptors (Lipinski definition) is 4. The van der Waals surface area contributed by atoms with E-state index in [1.807, 2.05) is 12.1 Å². The number of hydrogen-bond donors (Lipinski definition) is 1. The first-order chi connectivity index (χ1) is 6.81. The molecule has 1 heterocycles. The van der Waals surface area contributed by atoms with Crippen LogP contribution in [0.1, 0.15) is 5.56 Å². The Labute approximate surface area is 98.8 Å². The minimum atomic E-state index is 0. The molecule has 15 heavy (non-hydrogen) atoms. The number of nitrogens with zero attached hydrogens (tertiary/aromatic N) is 1. The van der Waals surface area contributed by atoms with Crippen molar-refractivity contribution in [2.75, 3.05) is 12.3 Å². The molecule has 2 N–H and O–H groups in total. The Morgan fingerprint density at radius 2 is 2.27 bits per heavy atom. The summed E-state index contributed by atoms with van der Waals surface area (Å²) in [6, 6.07) is 6.06. The monoisotopic (exact) mass is 244 g/mol. The van der Waals surface area contributed by atoms with Gasteiger partial charge in [-0.2, -0.15) is 0 Å². The van der Waals surface area contributed by atoms with Crippen LogP contribution in [-0.4, -0.2) is 17.5 Å². The Morgan fingerprint density at radius 1 is 1.47 bits per heavy atom. The molecule has 0 aliphatic heterocycles. The number of fused-ring (bicyclic) bond motifs is 1. The molecular formula is C10H13ClN2OS. The molecule has 0 bridgehead atoms. The largest absolute Gasteiger partial charge is 0.355 e. The lowest BCUT2D eigenvalue weighted by molar-refractivity contribution is 0.437. The molecule has 1 aromatic heterocycles. The standard InChI is InChI=1S/C10H12N2OS.ClH/c1-7-2-3-9-8(6-7)10(12-13-9)14-5-4-11;/h2-3,6H,4-5,11H2,1H3;1H. The van der Waals surface area contributed by atoms with E-state index < -0.39 is 0 Å². The van der Waals surface area contributed by atoms with Crippen LogP contribution in [0, 0.1) is 6.92 Å². The number of benzene rings is 1. The van der Waals surface area contributed by atoms with Gasteiger partial charge in [0.2, 0.25) is 0 Å². The molecule has 0 radical (unpaired) electrons. The predicted molar refractivity (Wildman–Crippen MR) is 65.8 cm³/mol. The van der Waals surface area contributed by atoms with Gasteiger partial charge >= 0.3 is 0 Å². The molecule has 1 aromatic carbocycles. The van der Waals surface area contributed by atoms with Crippen molar-refractivity contribution in [3.05, 3.63) is 23.8 Å². The van der Waals surface area contributed by atoms with E-state index in [1.165, 1.54) is 5.56 Å². The van der Waals surface area contributed by atoms with Gasteiger partial charge in [0, 0.05) is 12.3 Å². The molecule has 0 aliphatic carbocycles. The lowest BCUT2D eigenvalue weighted by Crippen LogP contribution is -2.00. The minimum Gasteiger partial charge on any atom is -0.355 e. The SMILES string of the molecule is Cc1ccc2onc(SCCN)c2c1.Cl. The zero-order chi connectivity index (χ0) is 9.97. The Morgan fingerprint density at radius 3 is 3.00 bits per heavy atom. The van der Waals surface area contributed by atoms with Crippen LogP contribution in [0.15, 0.2) is 27.7 Å². The van der Waals surface area contributed by atoms with E-state index in [0.717, 1.165) is 21.7 Å². The molecule has 0 atom stereocenters. The van der Waals surface area contributed by atoms with Gasteiger partial charge in [0.1, 0.15) is 5.03 Å². The first kappa shape index (κ1) is 12.4. The highest BCUT2D eigenvalue weighted by molar-refractivity contribution is 7.99. The highest BCUT2D eigenvalue weighted by Crippen LogP contribution is 2.27. The highest BCUT2D eigenvalue weighted by atomic mass is 35.5. The van der Waals surface area contributed by atoms with Crippen molar-refractivity contribution in [2.24, 2.45) is 5.73 Å². The summed E-state index contributed by atoms with van der Waals surface area (Å²) in [5, 5.41) is 6.03. The Balaban J connectivity index is 0.00000112. The van der Waals surface area contributed by atoms with Gasteiger partial charge in [-0.3, -0.25) is 0 Å². The van der Waals surface area contributed by atoms with Gasteiger partial charge in [-0.15, -0.1) is 24.2 Å². The minimum absolute atomic E-state index is 0. The smallest absolute Gasteiger partial charge is 0.168 e. The first-order valence-electron chi connectivity index (χ1n) is 4.50. The molecule has 0 spiro atoms. The number of nitrogens with two attached hydrogens (primary N) is 1. The second-order valence-corrected chi connectivity index (χ2v) is 4.21. The molecule has 2 rings (SSSR count). The maximum Gasteiger partial charge on any atom is 0.168 e. The lowest BCUT2D eigenvalue weighted by atomic mass is 10.2. The third kappa shape index (κ3) is 2.65. The molecule has 5 heteroatoms. The average Bonchev–Trinajstić information content (AvgIpc) is 2.57. The number of thioether (sulfide) groups is 1. The van der Waals surface area contributed by atoms with Gasteiger partial charge in [0.05, 0.1) is 5.39 Å². The fourth-order valence-electron chi connectivity index (χ4n) is 1.29. The van der Waals surface area contributed by atoms with Gasteiger partial charge in [-0.05, 0) is 19.1 Å². The summed E-state index contributed by atoms with van der Waals surface area (Å²) in [7, 11) is 0. The van der Waals surface area contributed by atoms with Crippen molar-refractivity contribution in [3.8, 4) is 0 Å². The van der Waals surface area contributed by atoms with Crippen LogP contribution in [0.25, 0.3) is 11.0 Å². The molecule has 0 amide bonds. The summed E-state index contributed by atoms with van der Waals surface area (Å²) in [6.07, 6.45) is 0. The highest BCUT2D eigenvalue weighted by Gasteiger charge is 2.07. The molecule has 3 nitrogen and oxygen atoms in total. The summed E-state index contributed by atoms with van der Waals surface area (Å²) in [6.45, 7) is 2.72. The number of rotatable bonds is 3. The van der Waals surface area contributed by atoms with Crippen LogP contribution in [-0.2, 0) is 0 Å². The topological polar surface area (TPSA) is 52.0 Å². The fourth-order valence-corrected chi connectivity index (χ4v) is 2.01. The second kappa shape index (κ2) is 5.39. The number of halogens is 1. The third-order valence-corrected chi connectivity index (χ3v) is 2.96. The predicted octanol–water partition coefficient (Wildman–Crippen LogP) is 2.61. The summed E-state index contributed by atoms with van der Waals surface area (Å²) in [5.74, 6) is 0.871. The van der Waals surface area contributed by atoms with Crippen LogP contribution >= 0.6 is 24.2 Å². The summed E-state index contributed by atoms with van der Waals surface area (Å²) >= 11 is 1.64. The van der Waals surface area contributed by atoms with Crippen molar-refractivity contribution in [1.29, 1.82) is 0 Å². The molecular weight excluding hydrogens is 232 g/mol. The van der Waals surface area contributed by atoms with E-state index in [9.17, 15) is 0 Å². The van der Waals surface area contributed by atoms with Gasteiger partial charge in [-0.25, -0.2) is 0 Å². The van der Waals surface area contributed by atoms with E-state index >= 15 is 0 Å². The molecule has 0 fully saturated rings. The van der Waals surface area contributed by atoms with Crippen molar-refractivity contribution < 1.29 is 4.52 Å².